The molecule has 3 aliphatic rings. The number of piperazine rings is 1. The van der Waals surface area contributed by atoms with Crippen LogP contribution in [0.25, 0.3) is 0 Å². The first-order chi connectivity index (χ1) is 12.2. The Morgan fingerprint density at radius 1 is 1.12 bits per heavy atom. The van der Waals surface area contributed by atoms with Gasteiger partial charge in [0.15, 0.2) is 11.5 Å². The van der Waals surface area contributed by atoms with Crippen molar-refractivity contribution in [2.45, 2.75) is 31.7 Å². The number of amides is 1. The molecule has 136 valence electrons. The van der Waals surface area contributed by atoms with E-state index in [4.69, 9.17) is 9.47 Å². The molecule has 5 heteroatoms. The summed E-state index contributed by atoms with van der Waals surface area (Å²) >= 11 is 0. The van der Waals surface area contributed by atoms with Crippen LogP contribution in [0.2, 0.25) is 0 Å². The van der Waals surface area contributed by atoms with E-state index in [0.717, 1.165) is 44.1 Å². The largest absolute Gasteiger partial charge is 0.493 e. The highest BCUT2D eigenvalue weighted by Gasteiger charge is 2.45. The highest BCUT2D eigenvalue weighted by Crippen LogP contribution is 2.43. The van der Waals surface area contributed by atoms with E-state index < -0.39 is 0 Å². The summed E-state index contributed by atoms with van der Waals surface area (Å²) in [5.74, 6) is 3.14. The Bertz CT molecular complexity index is 640. The summed E-state index contributed by atoms with van der Waals surface area (Å²) in [5, 5.41) is 0. The fourth-order valence-corrected chi connectivity index (χ4v) is 5.34. The lowest BCUT2D eigenvalue weighted by Gasteiger charge is -2.38. The third kappa shape index (κ3) is 2.99. The number of nitrogens with one attached hydrogen (secondary N) is 1. The Morgan fingerprint density at radius 3 is 2.52 bits per heavy atom. The van der Waals surface area contributed by atoms with Gasteiger partial charge >= 0.3 is 0 Å². The molecular weight excluding hydrogens is 316 g/mol. The Labute approximate surface area is 149 Å². The lowest BCUT2D eigenvalue weighted by molar-refractivity contribution is -0.932. The van der Waals surface area contributed by atoms with Gasteiger partial charge in [-0.2, -0.15) is 0 Å². The Kier molecular flexibility index (Phi) is 4.59. The fraction of sp³-hybridized carbons (Fsp3) is 0.650. The highest BCUT2D eigenvalue weighted by atomic mass is 16.5. The molecule has 0 aromatic heterocycles. The normalized spacial score (nSPS) is 29.0. The molecule has 4 rings (SSSR count). The van der Waals surface area contributed by atoms with Crippen LogP contribution in [0, 0.1) is 11.8 Å². The van der Waals surface area contributed by atoms with Crippen LogP contribution in [0.5, 0.6) is 11.5 Å². The Morgan fingerprint density at radius 2 is 1.92 bits per heavy atom. The molecule has 3 fully saturated rings. The van der Waals surface area contributed by atoms with E-state index in [-0.39, 0.29) is 5.91 Å². The SMILES string of the molecule is COc1cccc(C(=O)N2CC[NH+]([C@H]3C[C@H]4CC[C@@H]3C4)CC2)c1OC. The minimum absolute atomic E-state index is 0.0581. The van der Waals surface area contributed by atoms with E-state index in [0.29, 0.717) is 17.1 Å². The molecule has 3 atom stereocenters. The number of carbonyl (C=O) groups excluding carboxylic acids is 1. The molecule has 5 nitrogen and oxygen atoms in total. The number of quaternary nitrogens is 1. The van der Waals surface area contributed by atoms with Gasteiger partial charge < -0.3 is 19.3 Å². The third-order valence-corrected chi connectivity index (χ3v) is 6.59. The van der Waals surface area contributed by atoms with Crippen LogP contribution < -0.4 is 14.4 Å². The van der Waals surface area contributed by atoms with Crippen molar-refractivity contribution in [2.75, 3.05) is 40.4 Å². The van der Waals surface area contributed by atoms with E-state index in [1.54, 1.807) is 19.1 Å². The molecular formula is C20H29N2O3+. The van der Waals surface area contributed by atoms with Gasteiger partial charge in [-0.05, 0) is 37.3 Å². The summed E-state index contributed by atoms with van der Waals surface area (Å²) < 4.78 is 10.8. The zero-order valence-corrected chi connectivity index (χ0v) is 15.3. The van der Waals surface area contributed by atoms with Gasteiger partial charge in [0, 0.05) is 12.3 Å². The molecule has 1 N–H and O–H groups in total. The first-order valence-corrected chi connectivity index (χ1v) is 9.56. The average molecular weight is 345 g/mol. The molecule has 1 saturated heterocycles. The lowest BCUT2D eigenvalue weighted by atomic mass is 9.93. The van der Waals surface area contributed by atoms with Crippen molar-refractivity contribution in [3.05, 3.63) is 23.8 Å². The van der Waals surface area contributed by atoms with Crippen LogP contribution in [-0.4, -0.2) is 57.2 Å². The minimum Gasteiger partial charge on any atom is -0.493 e. The van der Waals surface area contributed by atoms with E-state index in [1.165, 1.54) is 25.7 Å². The number of ether oxygens (including phenoxy) is 2. The molecule has 2 bridgehead atoms. The van der Waals surface area contributed by atoms with E-state index >= 15 is 0 Å². The predicted octanol–water partition coefficient (Wildman–Crippen LogP) is 1.23. The summed E-state index contributed by atoms with van der Waals surface area (Å²) in [6.07, 6.45) is 5.76. The number of carbonyl (C=O) groups is 1. The number of fused-ring (bicyclic) bond motifs is 2. The first kappa shape index (κ1) is 16.7. The summed E-state index contributed by atoms with van der Waals surface area (Å²) in [7, 11) is 3.19. The minimum atomic E-state index is 0.0581. The van der Waals surface area contributed by atoms with Crippen LogP contribution in [0.3, 0.4) is 0 Å². The molecule has 2 saturated carbocycles. The monoisotopic (exact) mass is 345 g/mol. The van der Waals surface area contributed by atoms with Gasteiger partial charge in [0.05, 0.1) is 52.0 Å². The lowest BCUT2D eigenvalue weighted by Crippen LogP contribution is -3.18. The van der Waals surface area contributed by atoms with Gasteiger partial charge in [-0.1, -0.05) is 6.07 Å². The van der Waals surface area contributed by atoms with Crippen LogP contribution in [0.15, 0.2) is 18.2 Å². The van der Waals surface area contributed by atoms with Gasteiger partial charge in [0.2, 0.25) is 0 Å². The second-order valence-electron chi connectivity index (χ2n) is 7.77. The van der Waals surface area contributed by atoms with Gasteiger partial charge in [0.1, 0.15) is 0 Å². The number of nitrogens with zero attached hydrogens (tertiary/aromatic N) is 1. The average Bonchev–Trinajstić information content (AvgIpc) is 3.30. The molecule has 1 amide bonds. The molecule has 0 radical (unpaired) electrons. The molecule has 1 heterocycles. The number of rotatable bonds is 4. The van der Waals surface area contributed by atoms with Gasteiger partial charge in [-0.25, -0.2) is 0 Å². The first-order valence-electron chi connectivity index (χ1n) is 9.56. The van der Waals surface area contributed by atoms with E-state index in [1.807, 2.05) is 23.1 Å². The smallest absolute Gasteiger partial charge is 0.258 e. The summed E-state index contributed by atoms with van der Waals surface area (Å²) in [5.41, 5.74) is 0.602. The quantitative estimate of drug-likeness (QED) is 0.893. The fourth-order valence-electron chi connectivity index (χ4n) is 5.34. The standard InChI is InChI=1S/C20H28N2O3/c1-24-18-5-3-4-16(19(18)25-2)20(23)22-10-8-21(9-11-22)17-13-14-6-7-15(17)12-14/h3-5,14-15,17H,6-13H2,1-2H3/p+1/t14-,15+,17-/m0/s1. The van der Waals surface area contributed by atoms with Gasteiger partial charge in [-0.15, -0.1) is 0 Å². The van der Waals surface area contributed by atoms with Crippen molar-refractivity contribution in [1.29, 1.82) is 0 Å². The number of hydrogen-bond acceptors (Lipinski definition) is 3. The molecule has 25 heavy (non-hydrogen) atoms. The predicted molar refractivity (Wildman–Crippen MR) is 95.4 cm³/mol. The van der Waals surface area contributed by atoms with Crippen LogP contribution >= 0.6 is 0 Å². The summed E-state index contributed by atoms with van der Waals surface area (Å²) in [6.45, 7) is 3.82. The second-order valence-corrected chi connectivity index (χ2v) is 7.77. The van der Waals surface area contributed by atoms with E-state index in [9.17, 15) is 4.79 Å². The zero-order chi connectivity index (χ0) is 17.4. The molecule has 1 aliphatic heterocycles. The zero-order valence-electron chi connectivity index (χ0n) is 15.3. The Balaban J connectivity index is 1.42. The van der Waals surface area contributed by atoms with Crippen LogP contribution in [0.1, 0.15) is 36.0 Å². The third-order valence-electron chi connectivity index (χ3n) is 6.59. The number of para-hydroxylation sites is 1. The van der Waals surface area contributed by atoms with Crippen molar-refractivity contribution in [3.8, 4) is 11.5 Å². The van der Waals surface area contributed by atoms with Crippen molar-refractivity contribution in [3.63, 3.8) is 0 Å². The topological polar surface area (TPSA) is 43.2 Å². The molecule has 2 aliphatic carbocycles. The van der Waals surface area contributed by atoms with Crippen LogP contribution in [-0.2, 0) is 0 Å². The van der Waals surface area contributed by atoms with Crippen LogP contribution in [0.4, 0.5) is 0 Å². The maximum absolute atomic E-state index is 13.0. The Hall–Kier alpha value is -1.75. The van der Waals surface area contributed by atoms with Crippen molar-refractivity contribution < 1.29 is 19.2 Å². The molecule has 0 spiro atoms. The van der Waals surface area contributed by atoms with Gasteiger partial charge in [-0.3, -0.25) is 4.79 Å². The summed E-state index contributed by atoms with van der Waals surface area (Å²) in [6, 6.07) is 6.36. The molecule has 1 aromatic rings. The van der Waals surface area contributed by atoms with E-state index in [2.05, 4.69) is 0 Å². The molecule has 0 unspecified atom stereocenters. The highest BCUT2D eigenvalue weighted by molar-refractivity contribution is 5.97. The number of hydrogen-bond donors (Lipinski definition) is 1. The van der Waals surface area contributed by atoms with Crippen molar-refractivity contribution in [2.24, 2.45) is 11.8 Å². The maximum Gasteiger partial charge on any atom is 0.258 e. The summed E-state index contributed by atoms with van der Waals surface area (Å²) in [4.78, 5) is 16.7. The number of benzene rings is 1. The maximum atomic E-state index is 13.0. The molecule has 1 aromatic carbocycles. The van der Waals surface area contributed by atoms with Gasteiger partial charge in [0.25, 0.3) is 5.91 Å². The second kappa shape index (κ2) is 6.87. The van der Waals surface area contributed by atoms with Crippen molar-refractivity contribution >= 4 is 5.91 Å². The van der Waals surface area contributed by atoms with Crippen molar-refractivity contribution in [1.82, 2.24) is 4.90 Å². The number of methoxy groups -OCH3 is 2.